The Labute approximate surface area is 143 Å². The summed E-state index contributed by atoms with van der Waals surface area (Å²) < 4.78 is 11.4. The number of amides is 1. The van der Waals surface area contributed by atoms with Crippen molar-refractivity contribution in [2.24, 2.45) is 0 Å². The van der Waals surface area contributed by atoms with Gasteiger partial charge in [0.2, 0.25) is 5.91 Å². The number of morpholine rings is 1. The van der Waals surface area contributed by atoms with Crippen molar-refractivity contribution in [2.75, 3.05) is 32.8 Å². The van der Waals surface area contributed by atoms with Gasteiger partial charge in [-0.1, -0.05) is 6.07 Å². The van der Waals surface area contributed by atoms with Gasteiger partial charge in [-0.2, -0.15) is 0 Å². The first kappa shape index (κ1) is 18.0. The van der Waals surface area contributed by atoms with Crippen LogP contribution in [0.5, 0.6) is 5.75 Å². The van der Waals surface area contributed by atoms with Crippen LogP contribution >= 0.6 is 12.4 Å². The molecule has 2 heterocycles. The molecule has 2 fully saturated rings. The number of carbonyl (C=O) groups is 1. The molecule has 0 aromatic heterocycles. The van der Waals surface area contributed by atoms with Crippen LogP contribution in [0.4, 0.5) is 0 Å². The second-order valence-electron chi connectivity index (χ2n) is 6.07. The van der Waals surface area contributed by atoms with E-state index in [1.807, 2.05) is 23.1 Å². The van der Waals surface area contributed by atoms with Crippen molar-refractivity contribution in [1.82, 2.24) is 10.2 Å². The zero-order chi connectivity index (χ0) is 15.5. The molecule has 128 valence electrons. The van der Waals surface area contributed by atoms with Gasteiger partial charge in [-0.25, -0.2) is 0 Å². The minimum atomic E-state index is 0. The van der Waals surface area contributed by atoms with Gasteiger partial charge in [-0.05, 0) is 37.1 Å². The van der Waals surface area contributed by atoms with Gasteiger partial charge in [0, 0.05) is 19.6 Å². The van der Waals surface area contributed by atoms with Gasteiger partial charge in [0.15, 0.2) is 0 Å². The smallest absolute Gasteiger partial charge is 0.226 e. The topological polar surface area (TPSA) is 50.8 Å². The van der Waals surface area contributed by atoms with Crippen molar-refractivity contribution in [1.29, 1.82) is 0 Å². The highest BCUT2D eigenvalue weighted by Gasteiger charge is 2.38. The minimum absolute atomic E-state index is 0. The van der Waals surface area contributed by atoms with Crippen LogP contribution in [0.1, 0.15) is 17.5 Å². The third-order valence-corrected chi connectivity index (χ3v) is 4.58. The number of aryl methyl sites for hydroxylation is 2. The lowest BCUT2D eigenvalue weighted by Crippen LogP contribution is -2.53. The minimum Gasteiger partial charge on any atom is -0.493 e. The van der Waals surface area contributed by atoms with E-state index in [9.17, 15) is 4.79 Å². The van der Waals surface area contributed by atoms with E-state index in [0.29, 0.717) is 26.2 Å². The molecule has 2 atom stereocenters. The summed E-state index contributed by atoms with van der Waals surface area (Å²) in [4.78, 5) is 14.4. The van der Waals surface area contributed by atoms with E-state index < -0.39 is 0 Å². The molecule has 0 radical (unpaired) electrons. The lowest BCUT2D eigenvalue weighted by molar-refractivity contribution is -0.143. The molecule has 0 bridgehead atoms. The van der Waals surface area contributed by atoms with E-state index >= 15 is 0 Å². The summed E-state index contributed by atoms with van der Waals surface area (Å²) >= 11 is 0. The average molecular weight is 341 g/mol. The summed E-state index contributed by atoms with van der Waals surface area (Å²) in [5, 5.41) is 3.29. The summed E-state index contributed by atoms with van der Waals surface area (Å²) in [6.45, 7) is 7.55. The molecule has 2 saturated heterocycles. The Morgan fingerprint density at radius 2 is 2.17 bits per heavy atom. The molecule has 5 nitrogen and oxygen atoms in total. The second kappa shape index (κ2) is 7.99. The van der Waals surface area contributed by atoms with Gasteiger partial charge < -0.3 is 19.7 Å². The predicted octanol–water partition coefficient (Wildman–Crippen LogP) is 1.69. The summed E-state index contributed by atoms with van der Waals surface area (Å²) in [6.07, 6.45) is 0.564. The molecule has 1 amide bonds. The van der Waals surface area contributed by atoms with Crippen LogP contribution in [0.15, 0.2) is 18.2 Å². The number of carbonyl (C=O) groups excluding carboxylic acids is 1. The van der Waals surface area contributed by atoms with Crippen LogP contribution in [0, 0.1) is 13.8 Å². The number of hydrogen-bond donors (Lipinski definition) is 1. The van der Waals surface area contributed by atoms with Crippen molar-refractivity contribution in [3.05, 3.63) is 29.3 Å². The molecule has 1 N–H and O–H groups in total. The van der Waals surface area contributed by atoms with E-state index in [1.54, 1.807) is 0 Å². The van der Waals surface area contributed by atoms with E-state index in [1.165, 1.54) is 11.1 Å². The van der Waals surface area contributed by atoms with Crippen LogP contribution in [-0.4, -0.2) is 55.8 Å². The highest BCUT2D eigenvalue weighted by molar-refractivity contribution is 5.85. The average Bonchev–Trinajstić information content (AvgIpc) is 2.99. The van der Waals surface area contributed by atoms with Crippen LogP contribution < -0.4 is 10.1 Å². The van der Waals surface area contributed by atoms with E-state index in [2.05, 4.69) is 19.2 Å². The largest absolute Gasteiger partial charge is 0.493 e. The number of ether oxygens (including phenoxy) is 2. The van der Waals surface area contributed by atoms with Crippen LogP contribution in [0.2, 0.25) is 0 Å². The van der Waals surface area contributed by atoms with E-state index in [4.69, 9.17) is 9.47 Å². The van der Waals surface area contributed by atoms with Gasteiger partial charge in [0.1, 0.15) is 5.75 Å². The number of halogens is 1. The Hall–Kier alpha value is -1.30. The standard InChI is InChI=1S/C17H24N2O3.ClH/c1-12-3-4-14(9-13(12)2)21-7-5-17(20)19-6-8-22-16-11-18-10-15(16)19;/h3-4,9,15-16,18H,5-8,10-11H2,1-2H3;1H/t15-,16+;/m1./s1. The highest BCUT2D eigenvalue weighted by Crippen LogP contribution is 2.19. The first-order chi connectivity index (χ1) is 10.6. The van der Waals surface area contributed by atoms with Crippen LogP contribution in [0.3, 0.4) is 0 Å². The molecular weight excluding hydrogens is 316 g/mol. The molecule has 1 aromatic carbocycles. The normalized spacial score (nSPS) is 23.1. The first-order valence-electron chi connectivity index (χ1n) is 7.97. The number of benzene rings is 1. The first-order valence-corrected chi connectivity index (χ1v) is 7.97. The Bertz CT molecular complexity index is 553. The molecular formula is C17H25ClN2O3. The maximum Gasteiger partial charge on any atom is 0.226 e. The maximum absolute atomic E-state index is 12.4. The summed E-state index contributed by atoms with van der Waals surface area (Å²) in [5.74, 6) is 0.990. The third-order valence-electron chi connectivity index (χ3n) is 4.58. The number of rotatable bonds is 4. The fourth-order valence-corrected chi connectivity index (χ4v) is 3.10. The van der Waals surface area contributed by atoms with Crippen molar-refractivity contribution in [2.45, 2.75) is 32.4 Å². The molecule has 0 aliphatic carbocycles. The van der Waals surface area contributed by atoms with Crippen molar-refractivity contribution < 1.29 is 14.3 Å². The van der Waals surface area contributed by atoms with E-state index in [-0.39, 0.29) is 30.5 Å². The second-order valence-corrected chi connectivity index (χ2v) is 6.07. The maximum atomic E-state index is 12.4. The summed E-state index contributed by atoms with van der Waals surface area (Å²) in [5.41, 5.74) is 2.45. The zero-order valence-corrected chi connectivity index (χ0v) is 14.5. The van der Waals surface area contributed by atoms with Gasteiger partial charge in [-0.15, -0.1) is 12.4 Å². The Morgan fingerprint density at radius 1 is 1.35 bits per heavy atom. The van der Waals surface area contributed by atoms with Gasteiger partial charge >= 0.3 is 0 Å². The fraction of sp³-hybridized carbons (Fsp3) is 0.588. The van der Waals surface area contributed by atoms with Crippen molar-refractivity contribution in [3.8, 4) is 5.75 Å². The van der Waals surface area contributed by atoms with Crippen LogP contribution in [-0.2, 0) is 9.53 Å². The van der Waals surface area contributed by atoms with Gasteiger partial charge in [-0.3, -0.25) is 4.79 Å². The molecule has 3 rings (SSSR count). The quantitative estimate of drug-likeness (QED) is 0.906. The third kappa shape index (κ3) is 4.16. The van der Waals surface area contributed by atoms with Crippen molar-refractivity contribution in [3.63, 3.8) is 0 Å². The highest BCUT2D eigenvalue weighted by atomic mass is 35.5. The Balaban J connectivity index is 0.00000192. The SMILES string of the molecule is Cc1ccc(OCCC(=O)N2CCO[C@H]3CNC[C@H]32)cc1C.Cl. The molecule has 2 aliphatic rings. The zero-order valence-electron chi connectivity index (χ0n) is 13.7. The molecule has 0 saturated carbocycles. The molecule has 2 aliphatic heterocycles. The molecule has 0 spiro atoms. The number of fused-ring (bicyclic) bond motifs is 1. The summed E-state index contributed by atoms with van der Waals surface area (Å²) in [7, 11) is 0. The lowest BCUT2D eigenvalue weighted by atomic mass is 10.1. The fourth-order valence-electron chi connectivity index (χ4n) is 3.10. The Kier molecular flexibility index (Phi) is 6.27. The monoisotopic (exact) mass is 340 g/mol. The molecule has 23 heavy (non-hydrogen) atoms. The molecule has 1 aromatic rings. The van der Waals surface area contributed by atoms with Crippen LogP contribution in [0.25, 0.3) is 0 Å². The van der Waals surface area contributed by atoms with Gasteiger partial charge in [0.05, 0.1) is 31.8 Å². The van der Waals surface area contributed by atoms with Gasteiger partial charge in [0.25, 0.3) is 0 Å². The molecule has 0 unspecified atom stereocenters. The van der Waals surface area contributed by atoms with E-state index in [0.717, 1.165) is 18.8 Å². The number of nitrogens with one attached hydrogen (secondary N) is 1. The van der Waals surface area contributed by atoms with Crippen molar-refractivity contribution >= 4 is 18.3 Å². The Morgan fingerprint density at radius 3 is 2.96 bits per heavy atom. The summed E-state index contributed by atoms with van der Waals surface area (Å²) in [6, 6.07) is 6.20. The molecule has 6 heteroatoms. The number of hydrogen-bond acceptors (Lipinski definition) is 4. The predicted molar refractivity (Wildman–Crippen MR) is 91.4 cm³/mol. The lowest BCUT2D eigenvalue weighted by Gasteiger charge is -2.37. The number of nitrogens with zero attached hydrogens (tertiary/aromatic N) is 1.